The lowest BCUT2D eigenvalue weighted by Gasteiger charge is -2.24. The maximum absolute atomic E-state index is 12.6. The third-order valence-corrected chi connectivity index (χ3v) is 5.87. The van der Waals surface area contributed by atoms with Gasteiger partial charge in [-0.1, -0.05) is 17.7 Å². The van der Waals surface area contributed by atoms with E-state index in [1.54, 1.807) is 22.5 Å². The molecule has 1 atom stereocenters. The number of likely N-dealkylation sites (N-methyl/N-ethyl adjacent to an activating group) is 1. The van der Waals surface area contributed by atoms with Crippen LogP contribution in [0.5, 0.6) is 0 Å². The van der Waals surface area contributed by atoms with Gasteiger partial charge in [-0.25, -0.2) is 8.42 Å². The molecule has 1 aliphatic heterocycles. The van der Waals surface area contributed by atoms with Crippen molar-refractivity contribution < 1.29 is 8.42 Å². The van der Waals surface area contributed by atoms with E-state index >= 15 is 0 Å². The molecule has 0 bridgehead atoms. The molecule has 0 saturated carbocycles. The molecule has 0 amide bonds. The summed E-state index contributed by atoms with van der Waals surface area (Å²) in [6.07, 6.45) is 1.81. The zero-order valence-corrected chi connectivity index (χ0v) is 14.0. The number of nitrogens with one attached hydrogen (secondary N) is 1. The Morgan fingerprint density at radius 1 is 1.45 bits per heavy atom. The van der Waals surface area contributed by atoms with Gasteiger partial charge in [-0.15, -0.1) is 12.4 Å². The van der Waals surface area contributed by atoms with Crippen molar-refractivity contribution in [1.82, 2.24) is 9.62 Å². The van der Waals surface area contributed by atoms with Crippen LogP contribution in [0.1, 0.15) is 18.4 Å². The van der Waals surface area contributed by atoms with Crippen molar-refractivity contribution in [3.05, 3.63) is 28.8 Å². The van der Waals surface area contributed by atoms with Gasteiger partial charge in [0, 0.05) is 24.2 Å². The van der Waals surface area contributed by atoms with E-state index in [1.165, 1.54) is 0 Å². The number of aryl methyl sites for hydroxylation is 1. The van der Waals surface area contributed by atoms with Crippen LogP contribution in [0.3, 0.4) is 0 Å². The van der Waals surface area contributed by atoms with Gasteiger partial charge < -0.3 is 5.32 Å². The van der Waals surface area contributed by atoms with E-state index in [4.69, 9.17) is 11.6 Å². The normalized spacial score (nSPS) is 19.9. The predicted molar refractivity (Wildman–Crippen MR) is 84.3 cm³/mol. The zero-order valence-electron chi connectivity index (χ0n) is 11.6. The maximum Gasteiger partial charge on any atom is 0.243 e. The van der Waals surface area contributed by atoms with Crippen molar-refractivity contribution in [2.45, 2.75) is 30.7 Å². The molecule has 2 rings (SSSR count). The average molecular weight is 339 g/mol. The molecule has 7 heteroatoms. The van der Waals surface area contributed by atoms with Gasteiger partial charge in [0.25, 0.3) is 0 Å². The van der Waals surface area contributed by atoms with Crippen LogP contribution < -0.4 is 5.32 Å². The summed E-state index contributed by atoms with van der Waals surface area (Å²) in [6, 6.07) is 4.96. The van der Waals surface area contributed by atoms with E-state index in [0.717, 1.165) is 18.4 Å². The molecule has 0 aromatic heterocycles. The quantitative estimate of drug-likeness (QED) is 0.917. The fourth-order valence-corrected chi connectivity index (χ4v) is 4.40. The molecule has 1 N–H and O–H groups in total. The summed E-state index contributed by atoms with van der Waals surface area (Å²) in [4.78, 5) is 0.283. The Kier molecular flexibility index (Phi) is 6.28. The zero-order chi connectivity index (χ0) is 14.0. The molecule has 0 spiro atoms. The first-order valence-corrected chi connectivity index (χ1v) is 8.21. The van der Waals surface area contributed by atoms with Crippen molar-refractivity contribution >= 4 is 34.0 Å². The predicted octanol–water partition coefficient (Wildman–Crippen LogP) is 2.44. The largest absolute Gasteiger partial charge is 0.318 e. The van der Waals surface area contributed by atoms with Crippen molar-refractivity contribution in [3.63, 3.8) is 0 Å². The highest BCUT2D eigenvalue weighted by Crippen LogP contribution is 2.28. The molecule has 1 fully saturated rings. The SMILES string of the molecule is CNCC1CCCN1S(=O)(=O)c1ccc(C)c(Cl)c1.Cl. The summed E-state index contributed by atoms with van der Waals surface area (Å²) < 4.78 is 26.8. The lowest BCUT2D eigenvalue weighted by atomic mass is 10.2. The molecule has 0 radical (unpaired) electrons. The van der Waals surface area contributed by atoms with Crippen molar-refractivity contribution in [2.75, 3.05) is 20.1 Å². The highest BCUT2D eigenvalue weighted by molar-refractivity contribution is 7.89. The summed E-state index contributed by atoms with van der Waals surface area (Å²) in [5.41, 5.74) is 0.883. The number of nitrogens with zero attached hydrogens (tertiary/aromatic N) is 1. The number of sulfonamides is 1. The van der Waals surface area contributed by atoms with Gasteiger partial charge in [0.2, 0.25) is 10.0 Å². The number of hydrogen-bond acceptors (Lipinski definition) is 3. The standard InChI is InChI=1S/C13H19ClN2O2S.ClH/c1-10-5-6-12(8-13(10)14)19(17,18)16-7-3-4-11(16)9-15-2;/h5-6,8,11,15H,3-4,7,9H2,1-2H3;1H. The smallest absolute Gasteiger partial charge is 0.243 e. The Bertz CT molecular complexity index is 563. The number of halogens is 2. The second kappa shape index (κ2) is 7.09. The summed E-state index contributed by atoms with van der Waals surface area (Å²) in [5.74, 6) is 0. The molecule has 114 valence electrons. The summed E-state index contributed by atoms with van der Waals surface area (Å²) in [6.45, 7) is 3.12. The van der Waals surface area contributed by atoms with E-state index in [1.807, 2.05) is 14.0 Å². The first-order chi connectivity index (χ1) is 8.96. The Balaban J connectivity index is 0.00000200. The molecular formula is C13H20Cl2N2O2S. The van der Waals surface area contributed by atoms with Crippen LogP contribution in [0.25, 0.3) is 0 Å². The van der Waals surface area contributed by atoms with Gasteiger partial charge in [-0.3, -0.25) is 0 Å². The molecule has 0 aliphatic carbocycles. The van der Waals surface area contributed by atoms with E-state index in [9.17, 15) is 8.42 Å². The minimum absolute atomic E-state index is 0. The molecule has 1 aromatic rings. The lowest BCUT2D eigenvalue weighted by Crippen LogP contribution is -2.40. The molecule has 1 unspecified atom stereocenters. The Morgan fingerprint density at radius 2 is 2.15 bits per heavy atom. The second-order valence-corrected chi connectivity index (χ2v) is 7.18. The van der Waals surface area contributed by atoms with E-state index in [0.29, 0.717) is 18.1 Å². The fourth-order valence-electron chi connectivity index (χ4n) is 2.43. The molecule has 1 saturated heterocycles. The highest BCUT2D eigenvalue weighted by atomic mass is 35.5. The first kappa shape index (κ1) is 17.7. The molecular weight excluding hydrogens is 319 g/mol. The molecule has 20 heavy (non-hydrogen) atoms. The van der Waals surface area contributed by atoms with Crippen LogP contribution in [-0.4, -0.2) is 38.9 Å². The summed E-state index contributed by atoms with van der Waals surface area (Å²) >= 11 is 6.03. The van der Waals surface area contributed by atoms with Crippen LogP contribution in [0.2, 0.25) is 5.02 Å². The molecule has 4 nitrogen and oxygen atoms in total. The first-order valence-electron chi connectivity index (χ1n) is 6.39. The summed E-state index contributed by atoms with van der Waals surface area (Å²) in [5, 5.41) is 3.54. The number of rotatable bonds is 4. The van der Waals surface area contributed by atoms with Crippen LogP contribution >= 0.6 is 24.0 Å². The maximum atomic E-state index is 12.6. The minimum atomic E-state index is -3.44. The molecule has 1 aromatic carbocycles. The second-order valence-electron chi connectivity index (χ2n) is 4.88. The molecule has 1 aliphatic rings. The van der Waals surface area contributed by atoms with Gasteiger partial charge in [-0.2, -0.15) is 4.31 Å². The van der Waals surface area contributed by atoms with Gasteiger partial charge in [0.1, 0.15) is 0 Å². The highest BCUT2D eigenvalue weighted by Gasteiger charge is 2.34. The van der Waals surface area contributed by atoms with Crippen LogP contribution in [0, 0.1) is 6.92 Å². The fraction of sp³-hybridized carbons (Fsp3) is 0.538. The molecule has 1 heterocycles. The number of hydrogen-bond donors (Lipinski definition) is 1. The van der Waals surface area contributed by atoms with Crippen molar-refractivity contribution in [3.8, 4) is 0 Å². The Morgan fingerprint density at radius 3 is 2.75 bits per heavy atom. The van der Waals surface area contributed by atoms with Crippen LogP contribution in [0.4, 0.5) is 0 Å². The average Bonchev–Trinajstić information content (AvgIpc) is 2.82. The minimum Gasteiger partial charge on any atom is -0.318 e. The van der Waals surface area contributed by atoms with Crippen molar-refractivity contribution in [2.24, 2.45) is 0 Å². The Hall–Kier alpha value is -0.330. The van der Waals surface area contributed by atoms with E-state index in [2.05, 4.69) is 5.32 Å². The topological polar surface area (TPSA) is 49.4 Å². The van der Waals surface area contributed by atoms with Crippen molar-refractivity contribution in [1.29, 1.82) is 0 Å². The van der Waals surface area contributed by atoms with Crippen LogP contribution in [-0.2, 0) is 10.0 Å². The lowest BCUT2D eigenvalue weighted by molar-refractivity contribution is 0.379. The monoisotopic (exact) mass is 338 g/mol. The number of benzene rings is 1. The van der Waals surface area contributed by atoms with Gasteiger partial charge in [0.05, 0.1) is 4.90 Å². The summed E-state index contributed by atoms with van der Waals surface area (Å²) in [7, 11) is -1.60. The Labute approximate surface area is 132 Å². The third-order valence-electron chi connectivity index (χ3n) is 3.51. The van der Waals surface area contributed by atoms with Gasteiger partial charge in [-0.05, 0) is 44.5 Å². The van der Waals surface area contributed by atoms with E-state index < -0.39 is 10.0 Å². The van der Waals surface area contributed by atoms with E-state index in [-0.39, 0.29) is 23.3 Å². The van der Waals surface area contributed by atoms with Gasteiger partial charge in [0.15, 0.2) is 0 Å². The third kappa shape index (κ3) is 3.46. The van der Waals surface area contributed by atoms with Gasteiger partial charge >= 0.3 is 0 Å². The van der Waals surface area contributed by atoms with Crippen LogP contribution in [0.15, 0.2) is 23.1 Å².